The molecule has 3 rings (SSSR count). The fourth-order valence-corrected chi connectivity index (χ4v) is 3.91. The first-order valence-electron chi connectivity index (χ1n) is 8.43. The highest BCUT2D eigenvalue weighted by molar-refractivity contribution is 7.12. The molecule has 1 aliphatic heterocycles. The summed E-state index contributed by atoms with van der Waals surface area (Å²) in [6.07, 6.45) is 1.66. The molecule has 1 aromatic carbocycles. The van der Waals surface area contributed by atoms with Gasteiger partial charge in [-0.1, -0.05) is 29.8 Å². The zero-order chi connectivity index (χ0) is 17.8. The topological polar surface area (TPSA) is 49.4 Å². The molecule has 2 aromatic rings. The summed E-state index contributed by atoms with van der Waals surface area (Å²) in [5.41, 5.74) is 1.01. The van der Waals surface area contributed by atoms with Crippen molar-refractivity contribution in [2.45, 2.75) is 25.8 Å². The first-order valence-corrected chi connectivity index (χ1v) is 9.69. The van der Waals surface area contributed by atoms with Crippen LogP contribution in [0.25, 0.3) is 0 Å². The SMILES string of the molecule is C[C@@H](NC(=O)[C@@H]1CCCN(C(=O)c2cccs2)C1)c1ccc(Cl)cc1. The Bertz CT molecular complexity index is 730. The minimum absolute atomic E-state index is 0.00568. The molecule has 0 radical (unpaired) electrons. The molecule has 1 N–H and O–H groups in total. The van der Waals surface area contributed by atoms with E-state index in [9.17, 15) is 9.59 Å². The molecule has 2 atom stereocenters. The molecule has 1 aromatic heterocycles. The number of thiophene rings is 1. The van der Waals surface area contributed by atoms with E-state index in [1.54, 1.807) is 4.90 Å². The van der Waals surface area contributed by atoms with Crippen LogP contribution in [0.1, 0.15) is 41.0 Å². The molecule has 25 heavy (non-hydrogen) atoms. The molecule has 0 spiro atoms. The van der Waals surface area contributed by atoms with E-state index in [0.29, 0.717) is 18.1 Å². The lowest BCUT2D eigenvalue weighted by Gasteiger charge is -2.32. The summed E-state index contributed by atoms with van der Waals surface area (Å²) in [7, 11) is 0. The maximum absolute atomic E-state index is 12.6. The molecule has 1 saturated heterocycles. The van der Waals surface area contributed by atoms with Crippen molar-refractivity contribution < 1.29 is 9.59 Å². The number of benzene rings is 1. The molecule has 6 heteroatoms. The summed E-state index contributed by atoms with van der Waals surface area (Å²) in [6, 6.07) is 11.1. The van der Waals surface area contributed by atoms with E-state index in [2.05, 4.69) is 5.32 Å². The van der Waals surface area contributed by atoms with Crippen LogP contribution in [-0.4, -0.2) is 29.8 Å². The molecule has 2 heterocycles. The van der Waals surface area contributed by atoms with Crippen molar-refractivity contribution in [3.8, 4) is 0 Å². The van der Waals surface area contributed by atoms with Crippen molar-refractivity contribution in [2.75, 3.05) is 13.1 Å². The Morgan fingerprint density at radius 1 is 1.28 bits per heavy atom. The Labute approximate surface area is 156 Å². The summed E-state index contributed by atoms with van der Waals surface area (Å²) >= 11 is 7.35. The third-order valence-corrected chi connectivity index (χ3v) is 5.65. The Morgan fingerprint density at radius 2 is 2.04 bits per heavy atom. The number of amides is 2. The largest absolute Gasteiger partial charge is 0.349 e. The molecule has 1 fully saturated rings. The molecule has 1 aliphatic rings. The monoisotopic (exact) mass is 376 g/mol. The molecule has 0 unspecified atom stereocenters. The molecule has 4 nitrogen and oxygen atoms in total. The van der Waals surface area contributed by atoms with Crippen LogP contribution in [-0.2, 0) is 4.79 Å². The highest BCUT2D eigenvalue weighted by Crippen LogP contribution is 2.22. The highest BCUT2D eigenvalue weighted by atomic mass is 35.5. The Hall–Kier alpha value is -1.85. The van der Waals surface area contributed by atoms with Gasteiger partial charge in [0.1, 0.15) is 0 Å². The molecular weight excluding hydrogens is 356 g/mol. The number of rotatable bonds is 4. The summed E-state index contributed by atoms with van der Waals surface area (Å²) in [6.45, 7) is 3.15. The summed E-state index contributed by atoms with van der Waals surface area (Å²) in [5.74, 6) is -0.128. The average molecular weight is 377 g/mol. The molecule has 132 valence electrons. The van der Waals surface area contributed by atoms with Crippen LogP contribution in [0.2, 0.25) is 5.02 Å². The third-order valence-electron chi connectivity index (χ3n) is 4.54. The van der Waals surface area contributed by atoms with Crippen molar-refractivity contribution in [3.05, 3.63) is 57.2 Å². The second kappa shape index (κ2) is 8.02. The normalized spacial score (nSPS) is 18.6. The molecule has 0 saturated carbocycles. The highest BCUT2D eigenvalue weighted by Gasteiger charge is 2.29. The predicted molar refractivity (Wildman–Crippen MR) is 101 cm³/mol. The molecule has 2 amide bonds. The van der Waals surface area contributed by atoms with Gasteiger partial charge < -0.3 is 10.2 Å². The van der Waals surface area contributed by atoms with E-state index in [1.165, 1.54) is 11.3 Å². The van der Waals surface area contributed by atoms with Crippen LogP contribution in [0, 0.1) is 5.92 Å². The number of hydrogen-bond acceptors (Lipinski definition) is 3. The summed E-state index contributed by atoms with van der Waals surface area (Å²) < 4.78 is 0. The lowest BCUT2D eigenvalue weighted by Crippen LogP contribution is -2.45. The van der Waals surface area contributed by atoms with Gasteiger partial charge in [-0.05, 0) is 48.9 Å². The van der Waals surface area contributed by atoms with Crippen LogP contribution in [0.4, 0.5) is 0 Å². The fourth-order valence-electron chi connectivity index (χ4n) is 3.10. The van der Waals surface area contributed by atoms with Gasteiger partial charge in [-0.2, -0.15) is 0 Å². The van der Waals surface area contributed by atoms with E-state index >= 15 is 0 Å². The van der Waals surface area contributed by atoms with Crippen LogP contribution < -0.4 is 5.32 Å². The predicted octanol–water partition coefficient (Wildman–Crippen LogP) is 4.13. The van der Waals surface area contributed by atoms with Crippen molar-refractivity contribution in [2.24, 2.45) is 5.92 Å². The van der Waals surface area contributed by atoms with Crippen molar-refractivity contribution in [1.82, 2.24) is 10.2 Å². The Morgan fingerprint density at radius 3 is 2.72 bits per heavy atom. The van der Waals surface area contributed by atoms with Gasteiger partial charge in [-0.25, -0.2) is 0 Å². The Balaban J connectivity index is 1.60. The minimum atomic E-state index is -0.160. The first kappa shape index (κ1) is 18.0. The summed E-state index contributed by atoms with van der Waals surface area (Å²) in [5, 5.41) is 5.64. The van der Waals surface area contributed by atoms with E-state index in [0.717, 1.165) is 23.3 Å². The first-order chi connectivity index (χ1) is 12.0. The third kappa shape index (κ3) is 4.41. The van der Waals surface area contributed by atoms with Crippen molar-refractivity contribution in [3.63, 3.8) is 0 Å². The van der Waals surface area contributed by atoms with Crippen LogP contribution in [0.5, 0.6) is 0 Å². The number of carbonyl (C=O) groups is 2. The lowest BCUT2D eigenvalue weighted by molar-refractivity contribution is -0.127. The smallest absolute Gasteiger partial charge is 0.263 e. The van der Waals surface area contributed by atoms with Crippen LogP contribution >= 0.6 is 22.9 Å². The number of carbonyl (C=O) groups excluding carboxylic acids is 2. The van der Waals surface area contributed by atoms with E-state index in [1.807, 2.05) is 48.7 Å². The van der Waals surface area contributed by atoms with Crippen molar-refractivity contribution in [1.29, 1.82) is 0 Å². The van der Waals surface area contributed by atoms with Gasteiger partial charge in [0.2, 0.25) is 5.91 Å². The summed E-state index contributed by atoms with van der Waals surface area (Å²) in [4.78, 5) is 27.7. The van der Waals surface area contributed by atoms with E-state index in [-0.39, 0.29) is 23.8 Å². The Kier molecular flexibility index (Phi) is 5.76. The average Bonchev–Trinajstić information content (AvgIpc) is 3.16. The zero-order valence-electron chi connectivity index (χ0n) is 14.1. The standard InChI is InChI=1S/C19H21ClN2O2S/c1-13(14-6-8-16(20)9-7-14)21-18(23)15-4-2-10-22(12-15)19(24)17-5-3-11-25-17/h3,5-9,11,13,15H,2,4,10,12H2,1H3,(H,21,23)/t13-,15-/m1/s1. The van der Waals surface area contributed by atoms with Gasteiger partial charge in [-0.15, -0.1) is 11.3 Å². The second-order valence-electron chi connectivity index (χ2n) is 6.35. The maximum Gasteiger partial charge on any atom is 0.263 e. The minimum Gasteiger partial charge on any atom is -0.349 e. The van der Waals surface area contributed by atoms with Crippen LogP contribution in [0.3, 0.4) is 0 Å². The number of hydrogen-bond donors (Lipinski definition) is 1. The number of likely N-dealkylation sites (tertiary alicyclic amines) is 1. The number of piperidine rings is 1. The van der Waals surface area contributed by atoms with Gasteiger partial charge in [0.25, 0.3) is 5.91 Å². The number of nitrogens with one attached hydrogen (secondary N) is 1. The van der Waals surface area contributed by atoms with Gasteiger partial charge in [0, 0.05) is 18.1 Å². The zero-order valence-corrected chi connectivity index (χ0v) is 15.6. The van der Waals surface area contributed by atoms with Crippen LogP contribution in [0.15, 0.2) is 41.8 Å². The molecule has 0 aliphatic carbocycles. The van der Waals surface area contributed by atoms with E-state index < -0.39 is 0 Å². The van der Waals surface area contributed by atoms with Gasteiger partial charge in [0.15, 0.2) is 0 Å². The molecule has 0 bridgehead atoms. The number of nitrogens with zero attached hydrogens (tertiary/aromatic N) is 1. The molecular formula is C19H21ClN2O2S. The number of halogens is 1. The van der Waals surface area contributed by atoms with Crippen molar-refractivity contribution >= 4 is 34.8 Å². The lowest BCUT2D eigenvalue weighted by atomic mass is 9.96. The van der Waals surface area contributed by atoms with Gasteiger partial charge >= 0.3 is 0 Å². The second-order valence-corrected chi connectivity index (χ2v) is 7.73. The van der Waals surface area contributed by atoms with Gasteiger partial charge in [-0.3, -0.25) is 9.59 Å². The fraction of sp³-hybridized carbons (Fsp3) is 0.368. The van der Waals surface area contributed by atoms with E-state index in [4.69, 9.17) is 11.6 Å². The quantitative estimate of drug-likeness (QED) is 0.872. The maximum atomic E-state index is 12.6. The van der Waals surface area contributed by atoms with Gasteiger partial charge in [0.05, 0.1) is 16.8 Å².